The number of esters is 1. The minimum Gasteiger partial charge on any atom is -0.468 e. The van der Waals surface area contributed by atoms with E-state index in [9.17, 15) is 4.79 Å². The number of ether oxygens (including phenoxy) is 1. The van der Waals surface area contributed by atoms with Crippen LogP contribution in [0.3, 0.4) is 0 Å². The molecule has 63 valence electrons. The van der Waals surface area contributed by atoms with Gasteiger partial charge in [-0.05, 0) is 12.1 Å². The molecule has 1 radical (unpaired) electrons. The lowest BCUT2D eigenvalue weighted by molar-refractivity contribution is -0.135. The van der Waals surface area contributed by atoms with Crippen molar-refractivity contribution in [3.05, 3.63) is 36.1 Å². The molecule has 0 aliphatic carbocycles. The lowest BCUT2D eigenvalue weighted by Gasteiger charge is -1.97. The van der Waals surface area contributed by atoms with E-state index in [0.29, 0.717) is 0 Å². The van der Waals surface area contributed by atoms with Gasteiger partial charge in [-0.15, -0.1) is 11.8 Å². The molecule has 0 aliphatic rings. The average molecular weight is 181 g/mol. The SMILES string of the molecule is COC(=O)[CH]Sc1ccccc1. The molecule has 1 rings (SSSR count). The molecule has 0 aromatic heterocycles. The summed E-state index contributed by atoms with van der Waals surface area (Å²) in [4.78, 5) is 11.7. The molecule has 2 nitrogen and oxygen atoms in total. The highest BCUT2D eigenvalue weighted by Crippen LogP contribution is 2.19. The van der Waals surface area contributed by atoms with Gasteiger partial charge in [0.2, 0.25) is 0 Å². The number of benzene rings is 1. The summed E-state index contributed by atoms with van der Waals surface area (Å²) in [6.07, 6.45) is 0. The molecule has 0 amide bonds. The summed E-state index contributed by atoms with van der Waals surface area (Å²) >= 11 is 1.35. The Balaban J connectivity index is 2.38. The first kappa shape index (κ1) is 9.13. The van der Waals surface area contributed by atoms with Gasteiger partial charge in [0.1, 0.15) is 5.75 Å². The fourth-order valence-electron chi connectivity index (χ4n) is 0.663. The van der Waals surface area contributed by atoms with Crippen LogP contribution in [0.15, 0.2) is 35.2 Å². The third kappa shape index (κ3) is 2.96. The second-order valence-electron chi connectivity index (χ2n) is 2.07. The number of carbonyl (C=O) groups is 1. The molecule has 0 spiro atoms. The molecule has 0 aliphatic heterocycles. The summed E-state index contributed by atoms with van der Waals surface area (Å²) in [7, 11) is 1.37. The van der Waals surface area contributed by atoms with Crippen molar-refractivity contribution in [3.8, 4) is 0 Å². The lowest BCUT2D eigenvalue weighted by Crippen LogP contribution is -1.96. The first-order valence-corrected chi connectivity index (χ1v) is 4.34. The molecule has 1 aromatic rings. The summed E-state index contributed by atoms with van der Waals surface area (Å²) in [5.74, 6) is 1.12. The van der Waals surface area contributed by atoms with E-state index in [4.69, 9.17) is 0 Å². The summed E-state index contributed by atoms with van der Waals surface area (Å²) in [5.41, 5.74) is 0. The predicted molar refractivity (Wildman–Crippen MR) is 48.6 cm³/mol. The Bertz CT molecular complexity index is 246. The van der Waals surface area contributed by atoms with Crippen LogP contribution in [0.1, 0.15) is 0 Å². The van der Waals surface area contributed by atoms with Crippen molar-refractivity contribution in [2.24, 2.45) is 0 Å². The Morgan fingerprint density at radius 2 is 2.08 bits per heavy atom. The van der Waals surface area contributed by atoms with E-state index in [1.807, 2.05) is 30.3 Å². The van der Waals surface area contributed by atoms with Crippen LogP contribution in [-0.2, 0) is 9.53 Å². The highest BCUT2D eigenvalue weighted by molar-refractivity contribution is 8.02. The molecule has 0 fully saturated rings. The standard InChI is InChI=1S/C9H9O2S/c1-11-9(10)7-12-8-5-3-2-4-6-8/h2-7H,1H3. The molecule has 1 aromatic carbocycles. The van der Waals surface area contributed by atoms with Gasteiger partial charge in [0.25, 0.3) is 0 Å². The zero-order valence-electron chi connectivity index (χ0n) is 6.69. The third-order valence-corrected chi connectivity index (χ3v) is 2.09. The second kappa shape index (κ2) is 4.83. The van der Waals surface area contributed by atoms with Crippen LogP contribution in [0.5, 0.6) is 0 Å². The summed E-state index contributed by atoms with van der Waals surface area (Å²) < 4.78 is 4.46. The van der Waals surface area contributed by atoms with Crippen LogP contribution in [0.25, 0.3) is 0 Å². The van der Waals surface area contributed by atoms with Gasteiger partial charge in [0, 0.05) is 4.90 Å². The Morgan fingerprint density at radius 1 is 1.42 bits per heavy atom. The van der Waals surface area contributed by atoms with E-state index in [1.165, 1.54) is 24.6 Å². The highest BCUT2D eigenvalue weighted by atomic mass is 32.2. The van der Waals surface area contributed by atoms with Crippen molar-refractivity contribution in [3.63, 3.8) is 0 Å². The Morgan fingerprint density at radius 3 is 2.67 bits per heavy atom. The first-order chi connectivity index (χ1) is 5.83. The van der Waals surface area contributed by atoms with Gasteiger partial charge in [-0.2, -0.15) is 0 Å². The molecule has 0 saturated carbocycles. The normalized spacial score (nSPS) is 9.42. The maximum Gasteiger partial charge on any atom is 0.320 e. The van der Waals surface area contributed by atoms with Crippen LogP contribution in [0.2, 0.25) is 0 Å². The molecule has 0 N–H and O–H groups in total. The molecular formula is C9H9O2S. The molecule has 0 heterocycles. The van der Waals surface area contributed by atoms with Crippen molar-refractivity contribution >= 4 is 17.7 Å². The first-order valence-electron chi connectivity index (χ1n) is 3.46. The van der Waals surface area contributed by atoms with Crippen molar-refractivity contribution in [2.45, 2.75) is 4.90 Å². The van der Waals surface area contributed by atoms with Crippen molar-refractivity contribution in [2.75, 3.05) is 7.11 Å². The Labute approximate surface area is 75.9 Å². The van der Waals surface area contributed by atoms with E-state index in [0.717, 1.165) is 4.90 Å². The molecule has 0 bridgehead atoms. The number of hydrogen-bond acceptors (Lipinski definition) is 3. The predicted octanol–water partition coefficient (Wildman–Crippen LogP) is 2.11. The van der Waals surface area contributed by atoms with Crippen LogP contribution < -0.4 is 0 Å². The highest BCUT2D eigenvalue weighted by Gasteiger charge is 2.01. The number of hydrogen-bond donors (Lipinski definition) is 0. The fraction of sp³-hybridized carbons (Fsp3) is 0.111. The zero-order chi connectivity index (χ0) is 8.81. The van der Waals surface area contributed by atoms with Crippen molar-refractivity contribution in [1.82, 2.24) is 0 Å². The molecular weight excluding hydrogens is 172 g/mol. The van der Waals surface area contributed by atoms with Gasteiger partial charge in [-0.3, -0.25) is 4.79 Å². The topological polar surface area (TPSA) is 26.3 Å². The van der Waals surface area contributed by atoms with Gasteiger partial charge in [-0.25, -0.2) is 0 Å². The van der Waals surface area contributed by atoms with E-state index < -0.39 is 0 Å². The summed E-state index contributed by atoms with van der Waals surface area (Å²) in [6.45, 7) is 0. The summed E-state index contributed by atoms with van der Waals surface area (Å²) in [5, 5.41) is 0. The lowest BCUT2D eigenvalue weighted by atomic mass is 10.4. The van der Waals surface area contributed by atoms with Crippen LogP contribution in [-0.4, -0.2) is 13.1 Å². The molecule has 0 atom stereocenters. The number of methoxy groups -OCH3 is 1. The maximum atomic E-state index is 10.7. The number of thioether (sulfide) groups is 1. The van der Waals surface area contributed by atoms with Gasteiger partial charge in [0.05, 0.1) is 7.11 Å². The zero-order valence-corrected chi connectivity index (χ0v) is 7.51. The molecule has 0 unspecified atom stereocenters. The van der Waals surface area contributed by atoms with Crippen molar-refractivity contribution in [1.29, 1.82) is 0 Å². The molecule has 3 heteroatoms. The minimum atomic E-state index is -0.316. The monoisotopic (exact) mass is 181 g/mol. The smallest absolute Gasteiger partial charge is 0.320 e. The quantitative estimate of drug-likeness (QED) is 0.527. The van der Waals surface area contributed by atoms with Gasteiger partial charge >= 0.3 is 5.97 Å². The van der Waals surface area contributed by atoms with E-state index >= 15 is 0 Å². The fourth-order valence-corrected chi connectivity index (χ4v) is 1.31. The van der Waals surface area contributed by atoms with E-state index in [2.05, 4.69) is 4.74 Å². The van der Waals surface area contributed by atoms with Crippen LogP contribution >= 0.6 is 11.8 Å². The van der Waals surface area contributed by atoms with Gasteiger partial charge < -0.3 is 4.74 Å². The van der Waals surface area contributed by atoms with Crippen molar-refractivity contribution < 1.29 is 9.53 Å². The van der Waals surface area contributed by atoms with Crippen LogP contribution in [0, 0.1) is 5.75 Å². The number of carbonyl (C=O) groups excluding carboxylic acids is 1. The largest absolute Gasteiger partial charge is 0.468 e. The second-order valence-corrected chi connectivity index (χ2v) is 3.01. The Kier molecular flexibility index (Phi) is 3.67. The Hall–Kier alpha value is -0.960. The average Bonchev–Trinajstić information content (AvgIpc) is 2.16. The van der Waals surface area contributed by atoms with E-state index in [1.54, 1.807) is 0 Å². The van der Waals surface area contributed by atoms with E-state index in [-0.39, 0.29) is 5.97 Å². The molecule has 0 saturated heterocycles. The van der Waals surface area contributed by atoms with Crippen LogP contribution in [0.4, 0.5) is 0 Å². The van der Waals surface area contributed by atoms with Gasteiger partial charge in [0.15, 0.2) is 0 Å². The number of rotatable bonds is 3. The molecule has 12 heavy (non-hydrogen) atoms. The maximum absolute atomic E-state index is 10.7. The minimum absolute atomic E-state index is 0.316. The van der Waals surface area contributed by atoms with Gasteiger partial charge in [-0.1, -0.05) is 18.2 Å². The third-order valence-electron chi connectivity index (χ3n) is 1.24. The summed E-state index contributed by atoms with van der Waals surface area (Å²) in [6, 6.07) is 9.65.